The number of rotatable bonds is 5. The number of hydrogen-bond acceptors (Lipinski definition) is 4. The molecule has 7 heteroatoms. The van der Waals surface area contributed by atoms with Crippen molar-refractivity contribution in [2.24, 2.45) is 11.7 Å². The van der Waals surface area contributed by atoms with Crippen molar-refractivity contribution in [3.8, 4) is 5.75 Å². The molecule has 0 heterocycles. The van der Waals surface area contributed by atoms with Gasteiger partial charge in [-0.3, -0.25) is 0 Å². The topological polar surface area (TPSA) is 81.4 Å². The lowest BCUT2D eigenvalue weighted by Gasteiger charge is -2.42. The summed E-state index contributed by atoms with van der Waals surface area (Å²) in [6, 6.07) is 6.40. The van der Waals surface area contributed by atoms with Gasteiger partial charge in [-0.15, -0.1) is 12.4 Å². The molecule has 126 valence electrons. The largest absolute Gasteiger partial charge is 0.497 e. The van der Waals surface area contributed by atoms with E-state index in [1.165, 1.54) is 0 Å². The van der Waals surface area contributed by atoms with Gasteiger partial charge in [0.2, 0.25) is 10.0 Å². The minimum absolute atomic E-state index is 0. The second-order valence-corrected chi connectivity index (χ2v) is 7.47. The van der Waals surface area contributed by atoms with E-state index in [9.17, 15) is 8.42 Å². The molecule has 1 aromatic rings. The summed E-state index contributed by atoms with van der Waals surface area (Å²) < 4.78 is 33.1. The van der Waals surface area contributed by atoms with Gasteiger partial charge in [0.05, 0.1) is 12.0 Å². The number of halogens is 1. The zero-order chi connectivity index (χ0) is 15.5. The number of nitrogens with two attached hydrogens (primary N) is 1. The second-order valence-electron chi connectivity index (χ2n) is 5.79. The number of ether oxygens (including phenoxy) is 1. The predicted molar refractivity (Wildman–Crippen MR) is 90.0 cm³/mol. The smallest absolute Gasteiger partial charge is 0.241 e. The number of methoxy groups -OCH3 is 1. The zero-order valence-corrected chi connectivity index (χ0v) is 14.7. The van der Waals surface area contributed by atoms with Crippen LogP contribution in [0, 0.1) is 5.92 Å². The highest BCUT2D eigenvalue weighted by Crippen LogP contribution is 2.34. The van der Waals surface area contributed by atoms with Gasteiger partial charge in [-0.1, -0.05) is 19.8 Å². The van der Waals surface area contributed by atoms with Gasteiger partial charge >= 0.3 is 0 Å². The Morgan fingerprint density at radius 2 is 1.95 bits per heavy atom. The van der Waals surface area contributed by atoms with Crippen molar-refractivity contribution < 1.29 is 13.2 Å². The highest BCUT2D eigenvalue weighted by atomic mass is 35.5. The third-order valence-corrected chi connectivity index (χ3v) is 6.09. The minimum Gasteiger partial charge on any atom is -0.497 e. The molecular weight excluding hydrogens is 324 g/mol. The van der Waals surface area contributed by atoms with Crippen LogP contribution in [0.4, 0.5) is 0 Å². The lowest BCUT2D eigenvalue weighted by atomic mass is 9.74. The van der Waals surface area contributed by atoms with E-state index in [4.69, 9.17) is 10.5 Å². The normalized spacial score (nSPS) is 25.3. The molecule has 1 saturated carbocycles. The van der Waals surface area contributed by atoms with Crippen LogP contribution in [0.1, 0.15) is 32.6 Å². The fraction of sp³-hybridized carbons (Fsp3) is 0.600. The quantitative estimate of drug-likeness (QED) is 0.855. The molecule has 1 fully saturated rings. The summed E-state index contributed by atoms with van der Waals surface area (Å²) >= 11 is 0. The van der Waals surface area contributed by atoms with Crippen LogP contribution in [0.25, 0.3) is 0 Å². The van der Waals surface area contributed by atoms with Gasteiger partial charge in [0.15, 0.2) is 0 Å². The Morgan fingerprint density at radius 3 is 2.45 bits per heavy atom. The zero-order valence-electron chi connectivity index (χ0n) is 13.0. The summed E-state index contributed by atoms with van der Waals surface area (Å²) in [7, 11) is -2.02. The number of benzene rings is 1. The summed E-state index contributed by atoms with van der Waals surface area (Å²) in [6.45, 7) is 2.39. The van der Waals surface area contributed by atoms with Gasteiger partial charge in [-0.2, -0.15) is 0 Å². The first-order chi connectivity index (χ1) is 9.93. The lowest BCUT2D eigenvalue weighted by molar-refractivity contribution is 0.191. The number of sulfonamides is 1. The summed E-state index contributed by atoms with van der Waals surface area (Å²) in [6.07, 6.45) is 3.93. The molecule has 0 radical (unpaired) electrons. The van der Waals surface area contributed by atoms with Crippen molar-refractivity contribution in [2.45, 2.75) is 43.0 Å². The van der Waals surface area contributed by atoms with E-state index >= 15 is 0 Å². The van der Waals surface area contributed by atoms with Gasteiger partial charge in [-0.25, -0.2) is 13.1 Å². The monoisotopic (exact) mass is 348 g/mol. The molecule has 2 rings (SSSR count). The van der Waals surface area contributed by atoms with Crippen LogP contribution in [-0.2, 0) is 10.0 Å². The van der Waals surface area contributed by atoms with Crippen LogP contribution in [0.5, 0.6) is 5.75 Å². The minimum atomic E-state index is -3.57. The fourth-order valence-corrected chi connectivity index (χ4v) is 4.53. The molecule has 2 atom stereocenters. The molecule has 22 heavy (non-hydrogen) atoms. The van der Waals surface area contributed by atoms with Crippen LogP contribution in [0.3, 0.4) is 0 Å². The standard InChI is InChI=1S/C15H24N2O3S.ClH/c1-12-5-3-4-10-15(12,11-16)17-21(18,19)14-8-6-13(20-2)7-9-14;/h6-9,12,17H,3-5,10-11,16H2,1-2H3;1H. The average Bonchev–Trinajstić information content (AvgIpc) is 2.49. The Balaban J connectivity index is 0.00000242. The molecule has 0 spiro atoms. The molecule has 0 amide bonds. The molecule has 2 unspecified atom stereocenters. The Kier molecular flexibility index (Phi) is 6.67. The third kappa shape index (κ3) is 3.93. The van der Waals surface area contributed by atoms with E-state index in [1.54, 1.807) is 31.4 Å². The van der Waals surface area contributed by atoms with Crippen LogP contribution >= 0.6 is 12.4 Å². The molecule has 0 aromatic heterocycles. The van der Waals surface area contributed by atoms with Gasteiger partial charge in [-0.05, 0) is 43.0 Å². The highest BCUT2D eigenvalue weighted by Gasteiger charge is 2.40. The van der Waals surface area contributed by atoms with Crippen molar-refractivity contribution >= 4 is 22.4 Å². The number of nitrogens with one attached hydrogen (secondary N) is 1. The summed E-state index contributed by atoms with van der Waals surface area (Å²) in [5.74, 6) is 0.873. The van der Waals surface area contributed by atoms with E-state index in [0.717, 1.165) is 25.7 Å². The summed E-state index contributed by atoms with van der Waals surface area (Å²) in [4.78, 5) is 0.244. The molecule has 5 nitrogen and oxygen atoms in total. The maximum absolute atomic E-state index is 12.6. The SMILES string of the molecule is COc1ccc(S(=O)(=O)NC2(CN)CCCCC2C)cc1.Cl. The van der Waals surface area contributed by atoms with Gasteiger partial charge in [0.1, 0.15) is 5.75 Å². The highest BCUT2D eigenvalue weighted by molar-refractivity contribution is 7.89. The van der Waals surface area contributed by atoms with E-state index in [1.807, 2.05) is 0 Å². The van der Waals surface area contributed by atoms with Crippen molar-refractivity contribution in [3.05, 3.63) is 24.3 Å². The summed E-state index contributed by atoms with van der Waals surface area (Å²) in [5.41, 5.74) is 5.38. The van der Waals surface area contributed by atoms with Crippen molar-refractivity contribution in [1.29, 1.82) is 0 Å². The van der Waals surface area contributed by atoms with Gasteiger partial charge < -0.3 is 10.5 Å². The summed E-state index contributed by atoms with van der Waals surface area (Å²) in [5, 5.41) is 0. The predicted octanol–water partition coefficient (Wildman–Crippen LogP) is 2.30. The Labute approximate surface area is 139 Å². The molecule has 1 aromatic carbocycles. The molecule has 0 bridgehead atoms. The van der Waals surface area contributed by atoms with Crippen LogP contribution in [0.2, 0.25) is 0 Å². The van der Waals surface area contributed by atoms with E-state index in [0.29, 0.717) is 12.3 Å². The van der Waals surface area contributed by atoms with E-state index in [-0.39, 0.29) is 23.2 Å². The Morgan fingerprint density at radius 1 is 1.32 bits per heavy atom. The Bertz CT molecular complexity index is 577. The van der Waals surface area contributed by atoms with Gasteiger partial charge in [0.25, 0.3) is 0 Å². The van der Waals surface area contributed by atoms with E-state index < -0.39 is 15.6 Å². The van der Waals surface area contributed by atoms with Crippen molar-refractivity contribution in [1.82, 2.24) is 4.72 Å². The first-order valence-corrected chi connectivity index (χ1v) is 8.80. The molecule has 1 aliphatic carbocycles. The molecule has 1 aliphatic rings. The van der Waals surface area contributed by atoms with Crippen LogP contribution < -0.4 is 15.2 Å². The van der Waals surface area contributed by atoms with E-state index in [2.05, 4.69) is 11.6 Å². The third-order valence-electron chi connectivity index (χ3n) is 4.52. The van der Waals surface area contributed by atoms with Gasteiger partial charge in [0, 0.05) is 12.1 Å². The Hall–Kier alpha value is -0.820. The second kappa shape index (κ2) is 7.64. The first kappa shape index (κ1) is 19.2. The number of hydrogen-bond donors (Lipinski definition) is 2. The molecular formula is C15H25ClN2O3S. The van der Waals surface area contributed by atoms with Crippen LogP contribution in [0.15, 0.2) is 29.2 Å². The fourth-order valence-electron chi connectivity index (χ4n) is 2.99. The van der Waals surface area contributed by atoms with Crippen LogP contribution in [-0.4, -0.2) is 27.6 Å². The molecule has 0 aliphatic heterocycles. The molecule has 3 N–H and O–H groups in total. The van der Waals surface area contributed by atoms with Crippen molar-refractivity contribution in [2.75, 3.05) is 13.7 Å². The lowest BCUT2D eigenvalue weighted by Crippen LogP contribution is -2.58. The molecule has 0 saturated heterocycles. The average molecular weight is 349 g/mol. The first-order valence-electron chi connectivity index (χ1n) is 7.31. The maximum Gasteiger partial charge on any atom is 0.241 e. The van der Waals surface area contributed by atoms with Crippen molar-refractivity contribution in [3.63, 3.8) is 0 Å². The maximum atomic E-state index is 12.6.